The third kappa shape index (κ3) is 2.45. The molecule has 0 amide bonds. The first-order chi connectivity index (χ1) is 13.7. The van der Waals surface area contributed by atoms with Gasteiger partial charge in [-0.1, -0.05) is 35.9 Å². The van der Waals surface area contributed by atoms with Crippen LogP contribution in [-0.2, 0) is 12.8 Å². The van der Waals surface area contributed by atoms with E-state index in [4.69, 9.17) is 5.10 Å². The number of fused-ring (bicyclic) bond motifs is 3. The van der Waals surface area contributed by atoms with Gasteiger partial charge in [0.1, 0.15) is 0 Å². The van der Waals surface area contributed by atoms with E-state index in [-0.39, 0.29) is 0 Å². The minimum Gasteiger partial charge on any atom is -0.317 e. The van der Waals surface area contributed by atoms with Gasteiger partial charge in [-0.05, 0) is 56.5 Å². The van der Waals surface area contributed by atoms with Crippen molar-refractivity contribution in [1.82, 2.24) is 14.3 Å². The Morgan fingerprint density at radius 3 is 2.39 bits per heavy atom. The van der Waals surface area contributed by atoms with Gasteiger partial charge < -0.3 is 4.57 Å². The fraction of sp³-hybridized carbons (Fsp3) is 0.167. The Kier molecular flexibility index (Phi) is 3.79. The maximum absolute atomic E-state index is 12.0. The van der Waals surface area contributed by atoms with Crippen molar-refractivity contribution in [2.75, 3.05) is 0 Å². The number of rotatable bonds is 3. The number of nitrogens with zero attached hydrogens (tertiary/aromatic N) is 3. The molecule has 0 saturated heterocycles. The molecule has 1 aliphatic carbocycles. The van der Waals surface area contributed by atoms with Crippen LogP contribution in [0, 0.1) is 13.8 Å². The first kappa shape index (κ1) is 16.8. The minimum atomic E-state index is 0.745. The molecule has 0 atom stereocenters. The third-order valence-electron chi connectivity index (χ3n) is 5.64. The van der Waals surface area contributed by atoms with Gasteiger partial charge in [0.05, 0.1) is 11.4 Å². The van der Waals surface area contributed by atoms with Crippen LogP contribution in [0.4, 0.5) is 0 Å². The standard InChI is InChI=1S/C24H21N3O/c1-16-8-11-20(12-9-16)27-17(2)21(15-28)23-22(27)13-10-18-14-26(25-24(18)23)19-6-4-3-5-7-19/h3-9,11-12,14-15H,10,13H2,1-2H3. The summed E-state index contributed by atoms with van der Waals surface area (Å²) in [7, 11) is 0. The second kappa shape index (κ2) is 6.34. The predicted molar refractivity (Wildman–Crippen MR) is 111 cm³/mol. The number of aryl methyl sites for hydroxylation is 2. The van der Waals surface area contributed by atoms with Crippen LogP contribution >= 0.6 is 0 Å². The molecule has 4 heteroatoms. The van der Waals surface area contributed by atoms with Crippen LogP contribution in [0.25, 0.3) is 22.6 Å². The van der Waals surface area contributed by atoms with Crippen molar-refractivity contribution in [2.45, 2.75) is 26.7 Å². The normalized spacial score (nSPS) is 12.5. The van der Waals surface area contributed by atoms with E-state index in [0.717, 1.165) is 53.0 Å². The Balaban J connectivity index is 1.72. The van der Waals surface area contributed by atoms with Gasteiger partial charge in [-0.3, -0.25) is 4.79 Å². The van der Waals surface area contributed by atoms with Crippen molar-refractivity contribution < 1.29 is 4.79 Å². The Hall–Kier alpha value is -3.40. The molecule has 138 valence electrons. The second-order valence-electron chi connectivity index (χ2n) is 7.39. The van der Waals surface area contributed by atoms with Gasteiger partial charge >= 0.3 is 0 Å². The Morgan fingerprint density at radius 1 is 0.929 bits per heavy atom. The van der Waals surface area contributed by atoms with E-state index in [0.29, 0.717) is 0 Å². The summed E-state index contributed by atoms with van der Waals surface area (Å²) in [6, 6.07) is 18.6. The first-order valence-electron chi connectivity index (χ1n) is 9.58. The van der Waals surface area contributed by atoms with Crippen LogP contribution in [0.15, 0.2) is 60.8 Å². The van der Waals surface area contributed by atoms with E-state index in [1.165, 1.54) is 16.8 Å². The summed E-state index contributed by atoms with van der Waals surface area (Å²) < 4.78 is 4.15. The van der Waals surface area contributed by atoms with Crippen LogP contribution < -0.4 is 0 Å². The Morgan fingerprint density at radius 2 is 1.68 bits per heavy atom. The lowest BCUT2D eigenvalue weighted by Crippen LogP contribution is -2.08. The zero-order chi connectivity index (χ0) is 19.3. The van der Waals surface area contributed by atoms with Gasteiger partial charge in [-0.15, -0.1) is 0 Å². The molecule has 4 aromatic rings. The number of carbonyl (C=O) groups excluding carboxylic acids is 1. The topological polar surface area (TPSA) is 39.8 Å². The monoisotopic (exact) mass is 367 g/mol. The molecule has 5 rings (SSSR count). The minimum absolute atomic E-state index is 0.745. The lowest BCUT2D eigenvalue weighted by atomic mass is 9.93. The summed E-state index contributed by atoms with van der Waals surface area (Å²) in [4.78, 5) is 12.0. The molecule has 0 saturated carbocycles. The van der Waals surface area contributed by atoms with Gasteiger partial charge in [-0.25, -0.2) is 4.68 Å². The molecule has 2 aromatic heterocycles. The Bertz CT molecular complexity index is 1180. The second-order valence-corrected chi connectivity index (χ2v) is 7.39. The molecule has 1 aliphatic rings. The smallest absolute Gasteiger partial charge is 0.152 e. The number of benzene rings is 2. The van der Waals surface area contributed by atoms with Gasteiger partial charge in [0.25, 0.3) is 0 Å². The van der Waals surface area contributed by atoms with Crippen LogP contribution in [0.1, 0.15) is 32.9 Å². The highest BCUT2D eigenvalue weighted by Crippen LogP contribution is 2.39. The average molecular weight is 367 g/mol. The van der Waals surface area contributed by atoms with Crippen molar-refractivity contribution in [3.05, 3.63) is 88.9 Å². The molecule has 0 fully saturated rings. The van der Waals surface area contributed by atoms with Crippen molar-refractivity contribution in [2.24, 2.45) is 0 Å². The van der Waals surface area contributed by atoms with Crippen LogP contribution in [0.2, 0.25) is 0 Å². The molecule has 0 aliphatic heterocycles. The lowest BCUT2D eigenvalue weighted by molar-refractivity contribution is 0.112. The maximum Gasteiger partial charge on any atom is 0.152 e. The fourth-order valence-electron chi connectivity index (χ4n) is 4.23. The highest BCUT2D eigenvalue weighted by atomic mass is 16.1. The summed E-state index contributed by atoms with van der Waals surface area (Å²) >= 11 is 0. The highest BCUT2D eigenvalue weighted by molar-refractivity contribution is 5.92. The molecule has 28 heavy (non-hydrogen) atoms. The first-order valence-corrected chi connectivity index (χ1v) is 9.58. The number of aldehydes is 1. The van der Waals surface area contributed by atoms with Gasteiger partial charge in [0.2, 0.25) is 0 Å². The molecule has 0 radical (unpaired) electrons. The lowest BCUT2D eigenvalue weighted by Gasteiger charge is -2.16. The molecule has 4 nitrogen and oxygen atoms in total. The quantitative estimate of drug-likeness (QED) is 0.485. The molecule has 2 heterocycles. The van der Waals surface area contributed by atoms with E-state index in [1.807, 2.05) is 41.9 Å². The third-order valence-corrected chi connectivity index (χ3v) is 5.64. The summed E-state index contributed by atoms with van der Waals surface area (Å²) in [6.07, 6.45) is 4.89. The zero-order valence-electron chi connectivity index (χ0n) is 16.0. The van der Waals surface area contributed by atoms with Crippen molar-refractivity contribution >= 4 is 6.29 Å². The molecular formula is C24H21N3O. The molecule has 0 N–H and O–H groups in total. The zero-order valence-corrected chi connectivity index (χ0v) is 16.0. The molecule has 0 unspecified atom stereocenters. The van der Waals surface area contributed by atoms with E-state index in [9.17, 15) is 4.79 Å². The van der Waals surface area contributed by atoms with Gasteiger partial charge in [0, 0.05) is 34.4 Å². The SMILES string of the molecule is Cc1ccc(-n2c(C)c(C=O)c3c2CCc2cn(-c4ccccc4)nc2-3)cc1. The average Bonchev–Trinajstić information content (AvgIpc) is 3.27. The fourth-order valence-corrected chi connectivity index (χ4v) is 4.23. The maximum atomic E-state index is 12.0. The molecule has 0 spiro atoms. The van der Waals surface area contributed by atoms with Gasteiger partial charge in [0.15, 0.2) is 6.29 Å². The van der Waals surface area contributed by atoms with Crippen LogP contribution in [-0.4, -0.2) is 20.6 Å². The van der Waals surface area contributed by atoms with Crippen molar-refractivity contribution in [3.8, 4) is 22.6 Å². The van der Waals surface area contributed by atoms with Crippen molar-refractivity contribution in [1.29, 1.82) is 0 Å². The number of carbonyl (C=O) groups is 1. The summed E-state index contributed by atoms with van der Waals surface area (Å²) in [5, 5.41) is 4.88. The van der Waals surface area contributed by atoms with Gasteiger partial charge in [-0.2, -0.15) is 5.10 Å². The van der Waals surface area contributed by atoms with Crippen LogP contribution in [0.5, 0.6) is 0 Å². The highest BCUT2D eigenvalue weighted by Gasteiger charge is 2.29. The van der Waals surface area contributed by atoms with E-state index in [1.54, 1.807) is 0 Å². The molecule has 0 bridgehead atoms. The van der Waals surface area contributed by atoms with E-state index in [2.05, 4.69) is 42.0 Å². The van der Waals surface area contributed by atoms with E-state index >= 15 is 0 Å². The number of aromatic nitrogens is 3. The summed E-state index contributed by atoms with van der Waals surface area (Å²) in [5.74, 6) is 0. The number of hydrogen-bond acceptors (Lipinski definition) is 2. The predicted octanol–water partition coefficient (Wildman–Crippen LogP) is 4.86. The number of hydrogen-bond donors (Lipinski definition) is 0. The summed E-state index contributed by atoms with van der Waals surface area (Å²) in [6.45, 7) is 4.11. The number of para-hydroxylation sites is 1. The van der Waals surface area contributed by atoms with Crippen molar-refractivity contribution in [3.63, 3.8) is 0 Å². The molecular weight excluding hydrogens is 346 g/mol. The van der Waals surface area contributed by atoms with E-state index < -0.39 is 0 Å². The van der Waals surface area contributed by atoms with Crippen LogP contribution in [0.3, 0.4) is 0 Å². The Labute approximate surface area is 164 Å². The summed E-state index contributed by atoms with van der Waals surface area (Å²) in [5.41, 5.74) is 9.36. The molecule has 2 aromatic carbocycles. The largest absolute Gasteiger partial charge is 0.317 e.